The van der Waals surface area contributed by atoms with Crippen molar-refractivity contribution in [3.05, 3.63) is 0 Å². The smallest absolute Gasteiger partial charge is 0.325 e. The number of aliphatic hydroxyl groups excluding tert-OH is 2. The first-order valence-corrected chi connectivity index (χ1v) is 8.20. The summed E-state index contributed by atoms with van der Waals surface area (Å²) in [7, 11) is 0. The van der Waals surface area contributed by atoms with Crippen molar-refractivity contribution < 1.29 is 34.5 Å². The van der Waals surface area contributed by atoms with E-state index in [9.17, 15) is 24.3 Å². The molecule has 5 atom stereocenters. The topological polar surface area (TPSA) is 191 Å². The molecule has 0 heterocycles. The number of aliphatic hydroxyl groups is 2. The van der Waals surface area contributed by atoms with Gasteiger partial charge in [0.05, 0.1) is 13.2 Å². The average Bonchev–Trinajstić information content (AvgIpc) is 2.61. The van der Waals surface area contributed by atoms with E-state index in [1.54, 1.807) is 13.8 Å². The van der Waals surface area contributed by atoms with Crippen LogP contribution in [0.15, 0.2) is 0 Å². The fourth-order valence-corrected chi connectivity index (χ4v) is 1.88. The highest BCUT2D eigenvalue weighted by molar-refractivity contribution is 5.94. The molecule has 0 aliphatic heterocycles. The molecule has 11 nitrogen and oxygen atoms in total. The number of carbonyl (C=O) groups excluding carboxylic acids is 3. The molecule has 26 heavy (non-hydrogen) atoms. The van der Waals surface area contributed by atoms with Gasteiger partial charge in [-0.15, -0.1) is 0 Å². The van der Waals surface area contributed by atoms with Gasteiger partial charge in [0.25, 0.3) is 0 Å². The molecule has 11 heteroatoms. The number of hydrogen-bond acceptors (Lipinski definition) is 7. The minimum absolute atomic E-state index is 0.329. The van der Waals surface area contributed by atoms with Gasteiger partial charge in [-0.25, -0.2) is 0 Å². The Morgan fingerprint density at radius 3 is 1.92 bits per heavy atom. The molecule has 0 aliphatic rings. The van der Waals surface area contributed by atoms with Crippen molar-refractivity contribution in [2.24, 2.45) is 11.7 Å². The monoisotopic (exact) mass is 376 g/mol. The molecule has 3 amide bonds. The molecule has 0 rings (SSSR count). The minimum atomic E-state index is -1.39. The molecule has 0 saturated carbocycles. The van der Waals surface area contributed by atoms with Crippen LogP contribution in [0.1, 0.15) is 27.2 Å². The lowest BCUT2D eigenvalue weighted by molar-refractivity contribution is -0.142. The molecule has 150 valence electrons. The Hall–Kier alpha value is -2.24. The maximum atomic E-state index is 12.4. The summed E-state index contributed by atoms with van der Waals surface area (Å²) in [5.41, 5.74) is 5.41. The van der Waals surface area contributed by atoms with Gasteiger partial charge in [0.1, 0.15) is 24.2 Å². The molecule has 0 spiro atoms. The van der Waals surface area contributed by atoms with Gasteiger partial charge in [-0.3, -0.25) is 19.2 Å². The SMILES string of the molecule is CCC(C)C(NC(=O)C(N)CO)C(=O)NC(CO)C(=O)NC(C)C(=O)O. The van der Waals surface area contributed by atoms with E-state index >= 15 is 0 Å². The fourth-order valence-electron chi connectivity index (χ4n) is 1.88. The van der Waals surface area contributed by atoms with E-state index < -0.39 is 61.1 Å². The number of amides is 3. The van der Waals surface area contributed by atoms with Gasteiger partial charge in [0, 0.05) is 0 Å². The summed E-state index contributed by atoms with van der Waals surface area (Å²) in [6.07, 6.45) is 0.513. The number of carbonyl (C=O) groups is 4. The third-order valence-corrected chi connectivity index (χ3v) is 3.87. The molecule has 0 aliphatic carbocycles. The summed E-state index contributed by atoms with van der Waals surface area (Å²) < 4.78 is 0. The van der Waals surface area contributed by atoms with Crippen LogP contribution in [-0.4, -0.2) is 76.4 Å². The Labute approximate surface area is 151 Å². The number of nitrogens with one attached hydrogen (secondary N) is 3. The van der Waals surface area contributed by atoms with E-state index in [1.807, 2.05) is 0 Å². The number of hydrogen-bond donors (Lipinski definition) is 7. The quantitative estimate of drug-likeness (QED) is 0.197. The largest absolute Gasteiger partial charge is 0.480 e. The second-order valence-electron chi connectivity index (χ2n) is 5.97. The highest BCUT2D eigenvalue weighted by Gasteiger charge is 2.31. The maximum absolute atomic E-state index is 12.4. The summed E-state index contributed by atoms with van der Waals surface area (Å²) in [6.45, 7) is 3.34. The van der Waals surface area contributed by atoms with Crippen LogP contribution in [0.5, 0.6) is 0 Å². The highest BCUT2D eigenvalue weighted by atomic mass is 16.4. The van der Waals surface area contributed by atoms with E-state index in [-0.39, 0.29) is 5.92 Å². The minimum Gasteiger partial charge on any atom is -0.480 e. The molecule has 0 bridgehead atoms. The zero-order valence-corrected chi connectivity index (χ0v) is 15.1. The first-order valence-electron chi connectivity index (χ1n) is 8.20. The van der Waals surface area contributed by atoms with Crippen molar-refractivity contribution in [2.75, 3.05) is 13.2 Å². The lowest BCUT2D eigenvalue weighted by Crippen LogP contribution is -2.59. The molecule has 0 aromatic rings. The molecule has 8 N–H and O–H groups in total. The van der Waals surface area contributed by atoms with E-state index in [2.05, 4.69) is 16.0 Å². The zero-order chi connectivity index (χ0) is 20.4. The Balaban J connectivity index is 5.11. The molecular weight excluding hydrogens is 348 g/mol. The number of carboxylic acids is 1. The molecule has 0 aromatic carbocycles. The Kier molecular flexibility index (Phi) is 10.4. The first kappa shape index (κ1) is 23.8. The van der Waals surface area contributed by atoms with Crippen LogP contribution in [0.2, 0.25) is 0 Å². The van der Waals surface area contributed by atoms with Gasteiger partial charge >= 0.3 is 5.97 Å². The van der Waals surface area contributed by atoms with Crippen LogP contribution in [-0.2, 0) is 19.2 Å². The Morgan fingerprint density at radius 2 is 1.50 bits per heavy atom. The lowest BCUT2D eigenvalue weighted by Gasteiger charge is -2.27. The predicted octanol–water partition coefficient (Wildman–Crippen LogP) is -3.10. The predicted molar refractivity (Wildman–Crippen MR) is 90.7 cm³/mol. The standard InChI is InChI=1S/C15H28N4O7/c1-4-7(2)11(19-12(22)9(16)5-20)14(24)18-10(6-21)13(23)17-8(3)15(25)26/h7-11,20-21H,4-6,16H2,1-3H3,(H,17,23)(H,18,24)(H,19,22)(H,25,26). The summed E-state index contributed by atoms with van der Waals surface area (Å²) in [4.78, 5) is 47.0. The van der Waals surface area contributed by atoms with Crippen LogP contribution >= 0.6 is 0 Å². The van der Waals surface area contributed by atoms with Crippen LogP contribution in [0.4, 0.5) is 0 Å². The van der Waals surface area contributed by atoms with Crippen molar-refractivity contribution in [3.8, 4) is 0 Å². The second kappa shape index (κ2) is 11.4. The van der Waals surface area contributed by atoms with E-state index in [1.165, 1.54) is 6.92 Å². The van der Waals surface area contributed by atoms with E-state index in [0.717, 1.165) is 0 Å². The summed E-state index contributed by atoms with van der Waals surface area (Å²) in [5.74, 6) is -3.96. The van der Waals surface area contributed by atoms with Crippen molar-refractivity contribution in [1.29, 1.82) is 0 Å². The fraction of sp³-hybridized carbons (Fsp3) is 0.733. The summed E-state index contributed by atoms with van der Waals surface area (Å²) in [6, 6.07) is -4.85. The number of carboxylic acid groups (broad SMARTS) is 1. The molecule has 0 aromatic heterocycles. The van der Waals surface area contributed by atoms with Crippen molar-refractivity contribution >= 4 is 23.7 Å². The van der Waals surface area contributed by atoms with Crippen LogP contribution < -0.4 is 21.7 Å². The van der Waals surface area contributed by atoms with Crippen LogP contribution in [0, 0.1) is 5.92 Å². The third kappa shape index (κ3) is 7.33. The summed E-state index contributed by atoms with van der Waals surface area (Å²) >= 11 is 0. The van der Waals surface area contributed by atoms with Crippen LogP contribution in [0.3, 0.4) is 0 Å². The van der Waals surface area contributed by atoms with E-state index in [0.29, 0.717) is 6.42 Å². The highest BCUT2D eigenvalue weighted by Crippen LogP contribution is 2.09. The van der Waals surface area contributed by atoms with Crippen molar-refractivity contribution in [2.45, 2.75) is 51.4 Å². The van der Waals surface area contributed by atoms with Gasteiger partial charge in [-0.05, 0) is 12.8 Å². The molecule has 0 radical (unpaired) electrons. The number of nitrogens with two attached hydrogens (primary N) is 1. The number of rotatable bonds is 11. The number of aliphatic carboxylic acids is 1. The molecule has 0 saturated heterocycles. The summed E-state index contributed by atoms with van der Waals surface area (Å²) in [5, 5.41) is 33.8. The Bertz CT molecular complexity index is 514. The normalized spacial score (nSPS) is 16.5. The van der Waals surface area contributed by atoms with Gasteiger partial charge in [-0.2, -0.15) is 0 Å². The van der Waals surface area contributed by atoms with Gasteiger partial charge in [-0.1, -0.05) is 20.3 Å². The molecule has 0 fully saturated rings. The van der Waals surface area contributed by atoms with Gasteiger partial charge < -0.3 is 37.0 Å². The third-order valence-electron chi connectivity index (χ3n) is 3.87. The van der Waals surface area contributed by atoms with Crippen LogP contribution in [0.25, 0.3) is 0 Å². The Morgan fingerprint density at radius 1 is 0.923 bits per heavy atom. The van der Waals surface area contributed by atoms with Gasteiger partial charge in [0.2, 0.25) is 17.7 Å². The maximum Gasteiger partial charge on any atom is 0.325 e. The van der Waals surface area contributed by atoms with Gasteiger partial charge in [0.15, 0.2) is 0 Å². The first-order chi connectivity index (χ1) is 12.1. The van der Waals surface area contributed by atoms with Crippen molar-refractivity contribution in [1.82, 2.24) is 16.0 Å². The molecule has 5 unspecified atom stereocenters. The molecular formula is C15H28N4O7. The van der Waals surface area contributed by atoms with E-state index in [4.69, 9.17) is 15.9 Å². The lowest BCUT2D eigenvalue weighted by atomic mass is 9.97. The second-order valence-corrected chi connectivity index (χ2v) is 5.97. The zero-order valence-electron chi connectivity index (χ0n) is 15.1. The average molecular weight is 376 g/mol. The van der Waals surface area contributed by atoms with Crippen molar-refractivity contribution in [3.63, 3.8) is 0 Å².